The second kappa shape index (κ2) is 7.94. The van der Waals surface area contributed by atoms with Crippen LogP contribution in [0.25, 0.3) is 5.82 Å². The van der Waals surface area contributed by atoms with Gasteiger partial charge in [-0.3, -0.25) is 9.36 Å². The summed E-state index contributed by atoms with van der Waals surface area (Å²) in [5.74, 6) is 2.31. The van der Waals surface area contributed by atoms with E-state index >= 15 is 0 Å². The first-order valence-corrected chi connectivity index (χ1v) is 9.19. The number of nitrogen functional groups attached to an aromatic ring is 1. The van der Waals surface area contributed by atoms with Crippen LogP contribution in [0.15, 0.2) is 35.4 Å². The average Bonchev–Trinajstić information content (AvgIpc) is 3.02. The molecule has 2 heterocycles. The van der Waals surface area contributed by atoms with Gasteiger partial charge in [0.05, 0.1) is 20.5 Å². The van der Waals surface area contributed by atoms with E-state index in [1.807, 2.05) is 18.2 Å². The fraction of sp³-hybridized carbons (Fsp3) is 0.400. The minimum Gasteiger partial charge on any atom is -0.493 e. The molecule has 0 saturated heterocycles. The highest BCUT2D eigenvalue weighted by Gasteiger charge is 2.16. The summed E-state index contributed by atoms with van der Waals surface area (Å²) in [7, 11) is 3.17. The number of nitrogens with two attached hydrogens (primary N) is 1. The van der Waals surface area contributed by atoms with E-state index in [4.69, 9.17) is 15.2 Å². The van der Waals surface area contributed by atoms with Gasteiger partial charge in [-0.2, -0.15) is 9.67 Å². The Balaban J connectivity index is 1.94. The molecule has 0 aliphatic heterocycles. The maximum Gasteiger partial charge on any atom is 0.255 e. The van der Waals surface area contributed by atoms with E-state index in [1.165, 1.54) is 17.1 Å². The molecule has 0 amide bonds. The average molecular weight is 398 g/mol. The van der Waals surface area contributed by atoms with Gasteiger partial charge in [0, 0.05) is 19.0 Å². The van der Waals surface area contributed by atoms with Gasteiger partial charge in [-0.25, -0.2) is 4.98 Å². The molecule has 0 spiro atoms. The standard InChI is InChI=1S/C20H26N6O3/c1-20(2,3)11-25-12-22-16(10-18(25)27)26-17(23-19(21)24-26)9-13-6-7-14(28-4)15(8-13)29-5/h6-8,10,12H,9,11H2,1-5H3,(H2,21,24). The Hall–Kier alpha value is -3.36. The monoisotopic (exact) mass is 398 g/mol. The number of hydrogen-bond acceptors (Lipinski definition) is 7. The fourth-order valence-corrected chi connectivity index (χ4v) is 3.00. The lowest BCUT2D eigenvalue weighted by Gasteiger charge is -2.19. The van der Waals surface area contributed by atoms with Crippen molar-refractivity contribution in [2.45, 2.75) is 33.7 Å². The van der Waals surface area contributed by atoms with Gasteiger partial charge in [0.15, 0.2) is 17.3 Å². The van der Waals surface area contributed by atoms with E-state index in [-0.39, 0.29) is 16.9 Å². The van der Waals surface area contributed by atoms with E-state index < -0.39 is 0 Å². The number of nitrogens with zero attached hydrogens (tertiary/aromatic N) is 5. The van der Waals surface area contributed by atoms with Crippen LogP contribution in [0.5, 0.6) is 11.5 Å². The summed E-state index contributed by atoms with van der Waals surface area (Å²) in [5, 5.41) is 4.22. The van der Waals surface area contributed by atoms with Crippen molar-refractivity contribution in [2.24, 2.45) is 5.41 Å². The molecule has 0 bridgehead atoms. The molecule has 1 aromatic carbocycles. The Labute approximate surface area is 169 Å². The highest BCUT2D eigenvalue weighted by Crippen LogP contribution is 2.28. The topological polar surface area (TPSA) is 110 Å². The molecule has 3 aromatic rings. The SMILES string of the molecule is COc1ccc(Cc2nc(N)nn2-c2cc(=O)n(CC(C)(C)C)cn2)cc1OC. The highest BCUT2D eigenvalue weighted by atomic mass is 16.5. The Morgan fingerprint density at radius 3 is 2.45 bits per heavy atom. The van der Waals surface area contributed by atoms with Crippen molar-refractivity contribution in [3.05, 3.63) is 52.3 Å². The number of ether oxygens (including phenoxy) is 2. The molecule has 9 nitrogen and oxygen atoms in total. The van der Waals surface area contributed by atoms with Crippen LogP contribution in [0.4, 0.5) is 5.95 Å². The van der Waals surface area contributed by atoms with Crippen molar-refractivity contribution in [3.8, 4) is 17.3 Å². The first-order chi connectivity index (χ1) is 13.7. The summed E-state index contributed by atoms with van der Waals surface area (Å²) in [6.07, 6.45) is 1.96. The molecule has 29 heavy (non-hydrogen) atoms. The van der Waals surface area contributed by atoms with Gasteiger partial charge < -0.3 is 15.2 Å². The zero-order valence-electron chi connectivity index (χ0n) is 17.3. The van der Waals surface area contributed by atoms with E-state index in [0.29, 0.717) is 36.1 Å². The molecular weight excluding hydrogens is 372 g/mol. The zero-order chi connectivity index (χ0) is 21.2. The van der Waals surface area contributed by atoms with Crippen molar-refractivity contribution in [1.82, 2.24) is 24.3 Å². The van der Waals surface area contributed by atoms with Crippen molar-refractivity contribution in [3.63, 3.8) is 0 Å². The minimum atomic E-state index is -0.156. The Kier molecular flexibility index (Phi) is 5.58. The molecule has 0 radical (unpaired) electrons. The van der Waals surface area contributed by atoms with Gasteiger partial charge >= 0.3 is 0 Å². The lowest BCUT2D eigenvalue weighted by Crippen LogP contribution is -2.27. The first-order valence-electron chi connectivity index (χ1n) is 9.19. The maximum atomic E-state index is 12.5. The van der Waals surface area contributed by atoms with Crippen LogP contribution in [0.3, 0.4) is 0 Å². The third-order valence-corrected chi connectivity index (χ3v) is 4.23. The smallest absolute Gasteiger partial charge is 0.255 e. The lowest BCUT2D eigenvalue weighted by molar-refractivity contribution is 0.336. The predicted molar refractivity (Wildman–Crippen MR) is 110 cm³/mol. The van der Waals surface area contributed by atoms with Gasteiger partial charge in [-0.15, -0.1) is 5.10 Å². The Morgan fingerprint density at radius 2 is 1.83 bits per heavy atom. The minimum absolute atomic E-state index is 0.0384. The zero-order valence-corrected chi connectivity index (χ0v) is 17.3. The lowest BCUT2D eigenvalue weighted by atomic mass is 9.97. The van der Waals surface area contributed by atoms with E-state index in [2.05, 4.69) is 35.8 Å². The normalized spacial score (nSPS) is 11.5. The Morgan fingerprint density at radius 1 is 1.10 bits per heavy atom. The van der Waals surface area contributed by atoms with E-state index in [0.717, 1.165) is 5.56 Å². The number of anilines is 1. The van der Waals surface area contributed by atoms with Crippen molar-refractivity contribution in [2.75, 3.05) is 20.0 Å². The third-order valence-electron chi connectivity index (χ3n) is 4.23. The summed E-state index contributed by atoms with van der Waals surface area (Å²) < 4.78 is 13.7. The predicted octanol–water partition coefficient (Wildman–Crippen LogP) is 2.06. The van der Waals surface area contributed by atoms with E-state index in [9.17, 15) is 4.79 Å². The molecule has 0 fully saturated rings. The molecule has 0 atom stereocenters. The maximum absolute atomic E-state index is 12.5. The van der Waals surface area contributed by atoms with Crippen molar-refractivity contribution in [1.29, 1.82) is 0 Å². The van der Waals surface area contributed by atoms with Crippen LogP contribution < -0.4 is 20.8 Å². The molecule has 9 heteroatoms. The molecule has 0 saturated carbocycles. The van der Waals surface area contributed by atoms with E-state index in [1.54, 1.807) is 18.8 Å². The quantitative estimate of drug-likeness (QED) is 0.677. The number of rotatable bonds is 6. The fourth-order valence-electron chi connectivity index (χ4n) is 3.00. The van der Waals surface area contributed by atoms with Crippen molar-refractivity contribution < 1.29 is 9.47 Å². The highest BCUT2D eigenvalue weighted by molar-refractivity contribution is 5.44. The third kappa shape index (κ3) is 4.74. The molecule has 0 unspecified atom stereocenters. The largest absolute Gasteiger partial charge is 0.493 e. The van der Waals surface area contributed by atoms with Gasteiger partial charge in [-0.1, -0.05) is 26.8 Å². The summed E-state index contributed by atoms with van der Waals surface area (Å²) in [4.78, 5) is 21.2. The molecule has 2 aromatic heterocycles. The summed E-state index contributed by atoms with van der Waals surface area (Å²) >= 11 is 0. The molecular formula is C20H26N6O3. The summed E-state index contributed by atoms with van der Waals surface area (Å²) in [6, 6.07) is 7.04. The van der Waals surface area contributed by atoms with Gasteiger partial charge in [-0.05, 0) is 23.1 Å². The Bertz CT molecular complexity index is 1060. The van der Waals surface area contributed by atoms with Gasteiger partial charge in [0.25, 0.3) is 5.56 Å². The van der Waals surface area contributed by atoms with Crippen LogP contribution >= 0.6 is 0 Å². The van der Waals surface area contributed by atoms with Gasteiger partial charge in [0.1, 0.15) is 5.82 Å². The van der Waals surface area contributed by atoms with Gasteiger partial charge in [0.2, 0.25) is 5.95 Å². The molecule has 0 aliphatic carbocycles. The first kappa shape index (κ1) is 20.4. The molecule has 3 rings (SSSR count). The summed E-state index contributed by atoms with van der Waals surface area (Å²) in [5.41, 5.74) is 6.56. The number of aromatic nitrogens is 5. The molecule has 154 valence electrons. The number of benzene rings is 1. The van der Waals surface area contributed by atoms with Crippen LogP contribution in [-0.4, -0.2) is 38.5 Å². The number of hydrogen-bond donors (Lipinski definition) is 1. The number of methoxy groups -OCH3 is 2. The second-order valence-electron chi connectivity index (χ2n) is 7.94. The van der Waals surface area contributed by atoms with Crippen LogP contribution in [0.1, 0.15) is 32.2 Å². The molecule has 0 aliphatic rings. The summed E-state index contributed by atoms with van der Waals surface area (Å²) in [6.45, 7) is 6.75. The van der Waals surface area contributed by atoms with Crippen LogP contribution in [0, 0.1) is 5.41 Å². The van der Waals surface area contributed by atoms with Crippen molar-refractivity contribution >= 4 is 5.95 Å². The molecule has 2 N–H and O–H groups in total. The van der Waals surface area contributed by atoms with Crippen LogP contribution in [-0.2, 0) is 13.0 Å². The van der Waals surface area contributed by atoms with Crippen LogP contribution in [0.2, 0.25) is 0 Å². The second-order valence-corrected chi connectivity index (χ2v) is 7.94.